The molecule has 2 aromatic carbocycles. The van der Waals surface area contributed by atoms with Crippen molar-refractivity contribution in [2.24, 2.45) is 11.0 Å². The van der Waals surface area contributed by atoms with Crippen LogP contribution in [0.5, 0.6) is 0 Å². The van der Waals surface area contributed by atoms with Gasteiger partial charge in [0.25, 0.3) is 0 Å². The van der Waals surface area contributed by atoms with Crippen molar-refractivity contribution in [1.29, 1.82) is 0 Å². The van der Waals surface area contributed by atoms with E-state index >= 15 is 0 Å². The number of halogens is 1. The van der Waals surface area contributed by atoms with Crippen LogP contribution in [0.2, 0.25) is 5.02 Å². The quantitative estimate of drug-likeness (QED) is 0.577. The minimum atomic E-state index is -0.921. The zero-order valence-electron chi connectivity index (χ0n) is 16.3. The maximum Gasteiger partial charge on any atom is 0.335 e. The summed E-state index contributed by atoms with van der Waals surface area (Å²) in [6.45, 7) is 1.92. The van der Waals surface area contributed by atoms with Crippen LogP contribution in [0.1, 0.15) is 45.5 Å². The maximum atomic E-state index is 11.4. The number of carboxylic acid groups (broad SMARTS) is 1. The lowest BCUT2D eigenvalue weighted by Gasteiger charge is -2.29. The van der Waals surface area contributed by atoms with Gasteiger partial charge in [0.05, 0.1) is 27.7 Å². The van der Waals surface area contributed by atoms with Crippen molar-refractivity contribution in [2.75, 3.05) is 10.7 Å². The van der Waals surface area contributed by atoms with Crippen LogP contribution in [0.4, 0.5) is 11.4 Å². The van der Waals surface area contributed by atoms with Gasteiger partial charge in [0.1, 0.15) is 17.6 Å². The van der Waals surface area contributed by atoms with E-state index in [0.717, 1.165) is 46.9 Å². The molecule has 2 heterocycles. The minimum absolute atomic E-state index is 0.110. The number of nitrogen functional groups attached to an aromatic ring is 1. The molecular formula is C23H20ClN3O3. The molecule has 3 N–H and O–H groups in total. The fourth-order valence-corrected chi connectivity index (χ4v) is 4.60. The Balaban J connectivity index is 1.64. The number of rotatable bonds is 3. The largest absolute Gasteiger partial charge is 0.478 e. The Bertz CT molecular complexity index is 1200. The first kappa shape index (κ1) is 18.8. The Labute approximate surface area is 178 Å². The Kier molecular flexibility index (Phi) is 4.33. The zero-order valence-corrected chi connectivity index (χ0v) is 17.1. The number of hydrazone groups is 1. The number of benzene rings is 2. The number of hydrogen-bond donors (Lipinski definition) is 2. The van der Waals surface area contributed by atoms with Crippen LogP contribution < -0.4 is 10.7 Å². The molecule has 5 rings (SSSR count). The first-order valence-electron chi connectivity index (χ1n) is 9.78. The summed E-state index contributed by atoms with van der Waals surface area (Å²) in [5.41, 5.74) is 10.5. The summed E-state index contributed by atoms with van der Waals surface area (Å²) in [5.74, 6) is 0.885. The zero-order chi connectivity index (χ0) is 21.0. The Hall–Kier alpha value is -3.25. The molecule has 2 aliphatic rings. The molecule has 0 saturated heterocycles. The SMILES string of the molecule is Cc1ccc([C@H]2[C@H]3CCc4cc(C(=O)O)ccc4C3=NN2c2ccc(N)c(Cl)c2)o1. The fraction of sp³-hybridized carbons (Fsp3) is 0.217. The van der Waals surface area contributed by atoms with E-state index in [-0.39, 0.29) is 12.0 Å². The van der Waals surface area contributed by atoms with Gasteiger partial charge in [-0.25, -0.2) is 4.79 Å². The average Bonchev–Trinajstić information content (AvgIpc) is 3.32. The molecule has 3 aromatic rings. The third kappa shape index (κ3) is 2.95. The smallest absolute Gasteiger partial charge is 0.335 e. The van der Waals surface area contributed by atoms with Crippen LogP contribution >= 0.6 is 11.6 Å². The number of hydrogen-bond acceptors (Lipinski definition) is 5. The van der Waals surface area contributed by atoms with Gasteiger partial charge in [-0.1, -0.05) is 17.7 Å². The van der Waals surface area contributed by atoms with E-state index in [9.17, 15) is 9.90 Å². The average molecular weight is 422 g/mol. The molecule has 0 amide bonds. The van der Waals surface area contributed by atoms with Crippen molar-refractivity contribution in [2.45, 2.75) is 25.8 Å². The lowest BCUT2D eigenvalue weighted by atomic mass is 9.78. The molecule has 0 saturated carbocycles. The van der Waals surface area contributed by atoms with Gasteiger partial charge in [-0.05, 0) is 67.8 Å². The number of anilines is 2. The van der Waals surface area contributed by atoms with E-state index in [1.807, 2.05) is 42.3 Å². The number of fused-ring (bicyclic) bond motifs is 3. The number of nitrogens with zero attached hydrogens (tertiary/aromatic N) is 2. The summed E-state index contributed by atoms with van der Waals surface area (Å²) in [5, 5.41) is 16.7. The summed E-state index contributed by atoms with van der Waals surface area (Å²) in [4.78, 5) is 11.4. The molecule has 2 atom stereocenters. The highest BCUT2D eigenvalue weighted by Crippen LogP contribution is 2.46. The predicted molar refractivity (Wildman–Crippen MR) is 116 cm³/mol. The molecule has 6 nitrogen and oxygen atoms in total. The van der Waals surface area contributed by atoms with E-state index in [1.165, 1.54) is 0 Å². The standard InChI is InChI=1S/C23H20ClN3O3/c1-12-2-9-20(30-12)22-17-7-3-13-10-14(23(28)29)4-6-16(13)21(17)26-27(22)15-5-8-19(25)18(24)11-15/h2,4-6,8-11,17,22H,3,7,25H2,1H3,(H,28,29)/t17-,22+/m0/s1. The molecule has 7 heteroatoms. The molecule has 1 aliphatic heterocycles. The van der Waals surface area contributed by atoms with E-state index in [4.69, 9.17) is 26.9 Å². The van der Waals surface area contributed by atoms with Crippen LogP contribution in [0.3, 0.4) is 0 Å². The normalized spacial score (nSPS) is 19.9. The van der Waals surface area contributed by atoms with Gasteiger partial charge in [0.15, 0.2) is 0 Å². The Morgan fingerprint density at radius 2 is 2.07 bits per heavy atom. The minimum Gasteiger partial charge on any atom is -0.478 e. The number of nitrogens with two attached hydrogens (primary N) is 1. The van der Waals surface area contributed by atoms with Crippen LogP contribution in [0, 0.1) is 12.8 Å². The van der Waals surface area contributed by atoms with Crippen molar-refractivity contribution >= 4 is 34.7 Å². The molecule has 1 aliphatic carbocycles. The van der Waals surface area contributed by atoms with Crippen molar-refractivity contribution < 1.29 is 14.3 Å². The van der Waals surface area contributed by atoms with Gasteiger partial charge in [-0.15, -0.1) is 0 Å². The Morgan fingerprint density at radius 1 is 1.23 bits per heavy atom. The third-order valence-electron chi connectivity index (χ3n) is 5.87. The second-order valence-electron chi connectivity index (χ2n) is 7.75. The van der Waals surface area contributed by atoms with Gasteiger partial charge in [-0.3, -0.25) is 5.01 Å². The highest BCUT2D eigenvalue weighted by atomic mass is 35.5. The number of furan rings is 1. The lowest BCUT2D eigenvalue weighted by Crippen LogP contribution is -2.28. The number of carbonyl (C=O) groups is 1. The highest BCUT2D eigenvalue weighted by molar-refractivity contribution is 6.33. The van der Waals surface area contributed by atoms with Crippen LogP contribution in [-0.4, -0.2) is 16.8 Å². The summed E-state index contributed by atoms with van der Waals surface area (Å²) in [7, 11) is 0. The molecule has 152 valence electrons. The molecule has 0 radical (unpaired) electrons. The summed E-state index contributed by atoms with van der Waals surface area (Å²) in [6.07, 6.45) is 1.63. The molecular weight excluding hydrogens is 402 g/mol. The van der Waals surface area contributed by atoms with E-state index < -0.39 is 5.97 Å². The molecule has 0 bridgehead atoms. The van der Waals surface area contributed by atoms with Gasteiger partial charge in [-0.2, -0.15) is 5.10 Å². The monoisotopic (exact) mass is 421 g/mol. The lowest BCUT2D eigenvalue weighted by molar-refractivity contribution is 0.0696. The van der Waals surface area contributed by atoms with Crippen LogP contribution in [0.25, 0.3) is 0 Å². The van der Waals surface area contributed by atoms with E-state index in [2.05, 4.69) is 0 Å². The molecule has 1 aromatic heterocycles. The van der Waals surface area contributed by atoms with Gasteiger partial charge >= 0.3 is 5.97 Å². The van der Waals surface area contributed by atoms with Gasteiger partial charge < -0.3 is 15.3 Å². The fourth-order valence-electron chi connectivity index (χ4n) is 4.42. The molecule has 30 heavy (non-hydrogen) atoms. The molecule has 0 unspecified atom stereocenters. The van der Waals surface area contributed by atoms with Crippen molar-refractivity contribution in [3.8, 4) is 0 Å². The second-order valence-corrected chi connectivity index (χ2v) is 8.16. The number of aryl methyl sites for hydroxylation is 2. The van der Waals surface area contributed by atoms with Crippen LogP contribution in [-0.2, 0) is 6.42 Å². The third-order valence-corrected chi connectivity index (χ3v) is 6.19. The van der Waals surface area contributed by atoms with E-state index in [1.54, 1.807) is 18.2 Å². The summed E-state index contributed by atoms with van der Waals surface area (Å²) < 4.78 is 6.01. The molecule has 0 fully saturated rings. The van der Waals surface area contributed by atoms with Crippen molar-refractivity contribution in [3.63, 3.8) is 0 Å². The topological polar surface area (TPSA) is 92.1 Å². The van der Waals surface area contributed by atoms with Crippen molar-refractivity contribution in [3.05, 3.63) is 81.8 Å². The first-order chi connectivity index (χ1) is 14.4. The maximum absolute atomic E-state index is 11.4. The van der Waals surface area contributed by atoms with E-state index in [0.29, 0.717) is 16.3 Å². The summed E-state index contributed by atoms with van der Waals surface area (Å²) >= 11 is 6.29. The van der Waals surface area contributed by atoms with Gasteiger partial charge in [0, 0.05) is 11.5 Å². The van der Waals surface area contributed by atoms with Crippen molar-refractivity contribution in [1.82, 2.24) is 0 Å². The number of aromatic carboxylic acids is 1. The number of carboxylic acids is 1. The Morgan fingerprint density at radius 3 is 2.77 bits per heavy atom. The second kappa shape index (κ2) is 6.92. The molecule has 0 spiro atoms. The van der Waals surface area contributed by atoms with Crippen LogP contribution in [0.15, 0.2) is 58.0 Å². The predicted octanol–water partition coefficient (Wildman–Crippen LogP) is 5.05. The highest BCUT2D eigenvalue weighted by Gasteiger charge is 2.43. The van der Waals surface area contributed by atoms with Gasteiger partial charge in [0.2, 0.25) is 0 Å². The summed E-state index contributed by atoms with van der Waals surface area (Å²) in [6, 6.07) is 14.6. The first-order valence-corrected chi connectivity index (χ1v) is 10.2.